The second-order valence-corrected chi connectivity index (χ2v) is 8.24. The second-order valence-electron chi connectivity index (χ2n) is 8.24. The van der Waals surface area contributed by atoms with Crippen molar-refractivity contribution in [1.82, 2.24) is 25.1 Å². The molecule has 158 valence electrons. The number of methoxy groups -OCH3 is 2. The number of aromatic nitrogens is 4. The van der Waals surface area contributed by atoms with E-state index in [9.17, 15) is 0 Å². The van der Waals surface area contributed by atoms with Gasteiger partial charge in [0, 0.05) is 0 Å². The van der Waals surface area contributed by atoms with Gasteiger partial charge in [0.2, 0.25) is 0 Å². The highest BCUT2D eigenvalue weighted by Crippen LogP contribution is 2.37. The van der Waals surface area contributed by atoms with Crippen molar-refractivity contribution in [3.05, 3.63) is 29.6 Å². The number of likely N-dealkylation sites (tertiary alicyclic amines) is 1. The number of rotatable bonds is 6. The quantitative estimate of drug-likeness (QED) is 0.727. The molecule has 0 N–H and O–H groups in total. The number of nitrogens with zero attached hydrogens (tertiary/aromatic N) is 5. The molecule has 1 saturated heterocycles. The lowest BCUT2D eigenvalue weighted by Gasteiger charge is -2.32. The summed E-state index contributed by atoms with van der Waals surface area (Å²) in [6.45, 7) is 2.13. The number of benzene rings is 1. The van der Waals surface area contributed by atoms with E-state index in [2.05, 4.69) is 37.2 Å². The molecular weight excluding hydrogens is 366 g/mol. The van der Waals surface area contributed by atoms with Crippen LogP contribution in [0, 0.1) is 0 Å². The van der Waals surface area contributed by atoms with E-state index in [1.807, 2.05) is 6.07 Å². The Labute approximate surface area is 173 Å². The molecule has 2 fully saturated rings. The zero-order chi connectivity index (χ0) is 20.1. The van der Waals surface area contributed by atoms with Crippen molar-refractivity contribution in [2.75, 3.05) is 27.3 Å². The van der Waals surface area contributed by atoms with Crippen molar-refractivity contribution in [2.45, 2.75) is 69.9 Å². The van der Waals surface area contributed by atoms with Crippen LogP contribution in [0.1, 0.15) is 81.3 Å². The molecule has 7 nitrogen and oxygen atoms in total. The molecule has 1 aromatic heterocycles. The molecule has 4 rings (SSSR count). The van der Waals surface area contributed by atoms with Crippen LogP contribution < -0.4 is 9.47 Å². The molecular formula is C22H33N5O2. The molecule has 1 saturated carbocycles. The lowest BCUT2D eigenvalue weighted by Crippen LogP contribution is -2.33. The van der Waals surface area contributed by atoms with Gasteiger partial charge in [-0.05, 0) is 66.9 Å². The highest BCUT2D eigenvalue weighted by atomic mass is 16.5. The predicted octanol–water partition coefficient (Wildman–Crippen LogP) is 4.16. The molecule has 2 aliphatic rings. The van der Waals surface area contributed by atoms with Crippen LogP contribution in [-0.2, 0) is 0 Å². The van der Waals surface area contributed by atoms with Crippen molar-refractivity contribution < 1.29 is 9.47 Å². The van der Waals surface area contributed by atoms with Gasteiger partial charge in [-0.15, -0.1) is 5.10 Å². The highest BCUT2D eigenvalue weighted by Gasteiger charge is 2.31. The summed E-state index contributed by atoms with van der Waals surface area (Å²) in [6, 6.07) is 6.66. The summed E-state index contributed by atoms with van der Waals surface area (Å²) in [5.74, 6) is 2.46. The SMILES string of the molecule is COc1ccc([C@@H](c2nnnn2C2CCCCC2)N2CCCCCC2)cc1OC. The van der Waals surface area contributed by atoms with Crippen LogP contribution in [0.4, 0.5) is 0 Å². The van der Waals surface area contributed by atoms with E-state index in [1.165, 1.54) is 44.9 Å². The lowest BCUT2D eigenvalue weighted by molar-refractivity contribution is 0.210. The van der Waals surface area contributed by atoms with Crippen LogP contribution in [0.25, 0.3) is 0 Å². The Bertz CT molecular complexity index is 779. The first kappa shape index (κ1) is 20.1. The van der Waals surface area contributed by atoms with E-state index in [4.69, 9.17) is 9.47 Å². The summed E-state index contributed by atoms with van der Waals surface area (Å²) in [7, 11) is 3.36. The van der Waals surface area contributed by atoms with E-state index in [0.29, 0.717) is 6.04 Å². The zero-order valence-electron chi connectivity index (χ0n) is 17.7. The molecule has 0 amide bonds. The number of hydrogen-bond donors (Lipinski definition) is 0. The molecule has 29 heavy (non-hydrogen) atoms. The summed E-state index contributed by atoms with van der Waals surface area (Å²) in [5, 5.41) is 13.1. The molecule has 1 aliphatic heterocycles. The van der Waals surface area contributed by atoms with Crippen LogP contribution >= 0.6 is 0 Å². The third-order valence-corrected chi connectivity index (χ3v) is 6.41. The third kappa shape index (κ3) is 4.39. The van der Waals surface area contributed by atoms with Crippen LogP contribution in [-0.4, -0.2) is 52.4 Å². The maximum Gasteiger partial charge on any atom is 0.173 e. The van der Waals surface area contributed by atoms with Crippen LogP contribution in [0.5, 0.6) is 11.5 Å². The Morgan fingerprint density at radius 3 is 2.28 bits per heavy atom. The van der Waals surface area contributed by atoms with Gasteiger partial charge in [0.15, 0.2) is 17.3 Å². The monoisotopic (exact) mass is 399 g/mol. The van der Waals surface area contributed by atoms with Gasteiger partial charge >= 0.3 is 0 Å². The molecule has 1 aliphatic carbocycles. The number of ether oxygens (including phenoxy) is 2. The standard InChI is InChI=1S/C22H33N5O2/c1-28-19-13-12-17(16-20(19)29-2)21(26-14-8-3-4-9-15-26)22-23-24-25-27(22)18-10-6-5-7-11-18/h12-13,16,18,21H,3-11,14-15H2,1-2H3/t21-/m0/s1. The number of hydrogen-bond acceptors (Lipinski definition) is 6. The van der Waals surface area contributed by atoms with Crippen molar-refractivity contribution in [3.8, 4) is 11.5 Å². The number of tetrazole rings is 1. The highest BCUT2D eigenvalue weighted by molar-refractivity contribution is 5.45. The zero-order valence-corrected chi connectivity index (χ0v) is 17.7. The van der Waals surface area contributed by atoms with Crippen LogP contribution in [0.15, 0.2) is 18.2 Å². The van der Waals surface area contributed by atoms with E-state index in [-0.39, 0.29) is 6.04 Å². The molecule has 0 bridgehead atoms. The van der Waals surface area contributed by atoms with E-state index in [1.54, 1.807) is 14.2 Å². The first-order valence-electron chi connectivity index (χ1n) is 11.1. The minimum atomic E-state index is 0.0323. The smallest absolute Gasteiger partial charge is 0.173 e. The third-order valence-electron chi connectivity index (χ3n) is 6.41. The summed E-state index contributed by atoms with van der Waals surface area (Å²) in [5.41, 5.74) is 1.16. The molecule has 2 heterocycles. The van der Waals surface area contributed by atoms with E-state index >= 15 is 0 Å². The molecule has 0 radical (unpaired) electrons. The summed E-state index contributed by atoms with van der Waals surface area (Å²) in [6.07, 6.45) is 11.2. The fraction of sp³-hybridized carbons (Fsp3) is 0.682. The topological polar surface area (TPSA) is 65.3 Å². The Balaban J connectivity index is 1.74. The molecule has 7 heteroatoms. The fourth-order valence-corrected chi connectivity index (χ4v) is 4.87. The van der Waals surface area contributed by atoms with Gasteiger partial charge in [0.25, 0.3) is 0 Å². The average Bonchev–Trinajstić information content (AvgIpc) is 3.09. The Kier molecular flexibility index (Phi) is 6.64. The average molecular weight is 400 g/mol. The first-order chi connectivity index (χ1) is 14.3. The first-order valence-corrected chi connectivity index (χ1v) is 11.1. The van der Waals surface area contributed by atoms with Crippen molar-refractivity contribution in [2.24, 2.45) is 0 Å². The minimum absolute atomic E-state index is 0.0323. The van der Waals surface area contributed by atoms with Gasteiger partial charge in [-0.1, -0.05) is 38.2 Å². The molecule has 2 aromatic rings. The van der Waals surface area contributed by atoms with Crippen molar-refractivity contribution in [3.63, 3.8) is 0 Å². The van der Waals surface area contributed by atoms with Gasteiger partial charge in [0.05, 0.1) is 26.3 Å². The molecule has 0 unspecified atom stereocenters. The Morgan fingerprint density at radius 1 is 0.897 bits per heavy atom. The summed E-state index contributed by atoms with van der Waals surface area (Å²) >= 11 is 0. The van der Waals surface area contributed by atoms with Gasteiger partial charge in [-0.2, -0.15) is 0 Å². The van der Waals surface area contributed by atoms with Gasteiger partial charge in [0.1, 0.15) is 0 Å². The van der Waals surface area contributed by atoms with Crippen LogP contribution in [0.2, 0.25) is 0 Å². The Hall–Kier alpha value is -2.15. The largest absolute Gasteiger partial charge is 0.493 e. The van der Waals surface area contributed by atoms with E-state index in [0.717, 1.165) is 48.8 Å². The van der Waals surface area contributed by atoms with Crippen molar-refractivity contribution in [1.29, 1.82) is 0 Å². The van der Waals surface area contributed by atoms with Crippen molar-refractivity contribution >= 4 is 0 Å². The Morgan fingerprint density at radius 2 is 1.59 bits per heavy atom. The van der Waals surface area contributed by atoms with E-state index < -0.39 is 0 Å². The summed E-state index contributed by atoms with van der Waals surface area (Å²) < 4.78 is 13.2. The van der Waals surface area contributed by atoms with Crippen LogP contribution in [0.3, 0.4) is 0 Å². The second kappa shape index (κ2) is 9.57. The maximum absolute atomic E-state index is 5.60. The minimum Gasteiger partial charge on any atom is -0.493 e. The lowest BCUT2D eigenvalue weighted by atomic mass is 9.95. The van der Waals surface area contributed by atoms with Gasteiger partial charge in [-0.3, -0.25) is 4.90 Å². The normalized spacial score (nSPS) is 20.2. The molecule has 1 atom stereocenters. The maximum atomic E-state index is 5.60. The summed E-state index contributed by atoms with van der Waals surface area (Å²) in [4.78, 5) is 2.55. The van der Waals surface area contributed by atoms with Gasteiger partial charge in [-0.25, -0.2) is 4.68 Å². The predicted molar refractivity (Wildman–Crippen MR) is 111 cm³/mol. The van der Waals surface area contributed by atoms with Gasteiger partial charge < -0.3 is 9.47 Å². The fourth-order valence-electron chi connectivity index (χ4n) is 4.87. The molecule has 1 aromatic carbocycles. The molecule has 0 spiro atoms.